The first kappa shape index (κ1) is 19.9. The predicted octanol–water partition coefficient (Wildman–Crippen LogP) is 2.49. The monoisotopic (exact) mass is 421 g/mol. The maximum Gasteiger partial charge on any atom is 0.237 e. The predicted molar refractivity (Wildman–Crippen MR) is 119 cm³/mol. The molecule has 3 N–H and O–H groups in total. The van der Waals surface area contributed by atoms with Crippen molar-refractivity contribution in [3.8, 4) is 5.88 Å². The lowest BCUT2D eigenvalue weighted by Gasteiger charge is -2.25. The minimum absolute atomic E-state index is 0.00796. The van der Waals surface area contributed by atoms with E-state index in [1.165, 1.54) is 5.56 Å². The van der Waals surface area contributed by atoms with Crippen LogP contribution < -0.4 is 15.4 Å². The topological polar surface area (TPSA) is 108 Å². The summed E-state index contributed by atoms with van der Waals surface area (Å²) < 4.78 is 5.53. The Kier molecular flexibility index (Phi) is 5.29. The van der Waals surface area contributed by atoms with Gasteiger partial charge in [0, 0.05) is 37.3 Å². The molecule has 0 amide bonds. The van der Waals surface area contributed by atoms with Gasteiger partial charge in [-0.2, -0.15) is 0 Å². The molecule has 1 aliphatic heterocycles. The van der Waals surface area contributed by atoms with E-state index >= 15 is 0 Å². The summed E-state index contributed by atoms with van der Waals surface area (Å²) in [6.45, 7) is 1.84. The summed E-state index contributed by atoms with van der Waals surface area (Å²) in [5.41, 5.74) is 3.70. The molecule has 0 spiro atoms. The highest BCUT2D eigenvalue weighted by atomic mass is 16.5. The highest BCUT2D eigenvalue weighted by Gasteiger charge is 2.26. The van der Waals surface area contributed by atoms with Gasteiger partial charge in [-0.1, -0.05) is 0 Å². The molecule has 3 aromatic heterocycles. The number of methoxy groups -OCH3 is 1. The number of nitrogens with one attached hydrogen (secondary N) is 2. The Hall–Kier alpha value is -3.04. The minimum Gasteiger partial charge on any atom is -0.480 e. The van der Waals surface area contributed by atoms with Crippen molar-refractivity contribution in [1.82, 2.24) is 24.8 Å². The average molecular weight is 422 g/mol. The van der Waals surface area contributed by atoms with Crippen molar-refractivity contribution in [1.29, 1.82) is 0 Å². The molecule has 31 heavy (non-hydrogen) atoms. The van der Waals surface area contributed by atoms with E-state index < -0.39 is 0 Å². The second-order valence-electron chi connectivity index (χ2n) is 8.30. The quantitative estimate of drug-likeness (QED) is 0.572. The van der Waals surface area contributed by atoms with Crippen LogP contribution in [0.4, 0.5) is 17.5 Å². The van der Waals surface area contributed by atoms with Crippen LogP contribution in [0.15, 0.2) is 24.5 Å². The summed E-state index contributed by atoms with van der Waals surface area (Å²) in [5.74, 6) is 1.64. The van der Waals surface area contributed by atoms with Crippen LogP contribution in [0.3, 0.4) is 0 Å². The number of fused-ring (bicyclic) bond motifs is 2. The third kappa shape index (κ3) is 3.98. The summed E-state index contributed by atoms with van der Waals surface area (Å²) in [5, 5.41) is 17.7. The van der Waals surface area contributed by atoms with E-state index in [0.717, 1.165) is 55.5 Å². The first-order valence-electron chi connectivity index (χ1n) is 10.7. The number of hydrogen-bond donors (Lipinski definition) is 3. The number of anilines is 3. The van der Waals surface area contributed by atoms with Crippen molar-refractivity contribution in [2.45, 2.75) is 44.4 Å². The Bertz CT molecular complexity index is 1110. The zero-order valence-corrected chi connectivity index (χ0v) is 17.8. The van der Waals surface area contributed by atoms with E-state index in [0.29, 0.717) is 23.2 Å². The molecule has 2 atom stereocenters. The van der Waals surface area contributed by atoms with Gasteiger partial charge in [0.1, 0.15) is 11.2 Å². The van der Waals surface area contributed by atoms with Crippen LogP contribution in [-0.4, -0.2) is 62.8 Å². The maximum absolute atomic E-state index is 10.2. The first-order valence-corrected chi connectivity index (χ1v) is 10.7. The van der Waals surface area contributed by atoms with Crippen LogP contribution >= 0.6 is 0 Å². The van der Waals surface area contributed by atoms with Gasteiger partial charge in [-0.05, 0) is 44.0 Å². The van der Waals surface area contributed by atoms with Crippen molar-refractivity contribution in [2.24, 2.45) is 0 Å². The normalized spacial score (nSPS) is 21.1. The molecular formula is C22H27N7O2. The highest BCUT2D eigenvalue weighted by molar-refractivity contribution is 5.88. The van der Waals surface area contributed by atoms with Gasteiger partial charge in [0.05, 0.1) is 24.9 Å². The van der Waals surface area contributed by atoms with Gasteiger partial charge >= 0.3 is 0 Å². The SMILES string of the molecule is COc1nc2c(cc1Nc1ncc3ccnc(N[C@H]4CCC[C@@H]4O)c3n1)CN(C)CC2. The summed E-state index contributed by atoms with van der Waals surface area (Å²) in [6.07, 6.45) is 6.78. The Morgan fingerprint density at radius 1 is 1.23 bits per heavy atom. The Balaban J connectivity index is 1.47. The van der Waals surface area contributed by atoms with Crippen LogP contribution in [-0.2, 0) is 13.0 Å². The van der Waals surface area contributed by atoms with Crippen LogP contribution in [0.1, 0.15) is 30.5 Å². The number of aliphatic hydroxyl groups excluding tert-OH is 1. The molecule has 162 valence electrons. The molecule has 1 fully saturated rings. The van der Waals surface area contributed by atoms with Gasteiger partial charge in [0.25, 0.3) is 0 Å². The summed E-state index contributed by atoms with van der Waals surface area (Å²) in [7, 11) is 3.73. The lowest BCUT2D eigenvalue weighted by Crippen LogP contribution is -2.28. The minimum atomic E-state index is -0.361. The molecule has 1 aliphatic carbocycles. The number of pyridine rings is 2. The molecular weight excluding hydrogens is 394 g/mol. The summed E-state index contributed by atoms with van der Waals surface area (Å²) in [4.78, 5) is 20.6. The third-order valence-electron chi connectivity index (χ3n) is 6.07. The fourth-order valence-corrected chi connectivity index (χ4v) is 4.37. The standard InChI is InChI=1S/C22H27N7O2/c1-29-9-7-15-14(12-29)10-17(21(26-15)31-2)27-22-24-11-13-6-8-23-20(19(13)28-22)25-16-4-3-5-18(16)30/h6,8,10-11,16,18,30H,3-5,7,9,12H2,1-2H3,(H,23,25)(H,24,27,28)/t16-,18-/m0/s1. The molecule has 3 aromatic rings. The number of rotatable bonds is 5. The third-order valence-corrected chi connectivity index (χ3v) is 6.07. The van der Waals surface area contributed by atoms with Gasteiger partial charge in [-0.3, -0.25) is 0 Å². The van der Waals surface area contributed by atoms with Gasteiger partial charge in [-0.25, -0.2) is 19.9 Å². The van der Waals surface area contributed by atoms with Gasteiger partial charge < -0.3 is 25.4 Å². The maximum atomic E-state index is 10.2. The van der Waals surface area contributed by atoms with E-state index in [-0.39, 0.29) is 12.1 Å². The molecule has 0 aromatic carbocycles. The number of ether oxygens (including phenoxy) is 1. The summed E-state index contributed by atoms with van der Waals surface area (Å²) >= 11 is 0. The van der Waals surface area contributed by atoms with Crippen LogP contribution in [0.2, 0.25) is 0 Å². The zero-order chi connectivity index (χ0) is 21.4. The number of aliphatic hydroxyl groups is 1. The molecule has 9 nitrogen and oxygen atoms in total. The van der Waals surface area contributed by atoms with E-state index in [1.807, 2.05) is 6.07 Å². The van der Waals surface area contributed by atoms with Gasteiger partial charge in [0.2, 0.25) is 11.8 Å². The van der Waals surface area contributed by atoms with E-state index in [2.05, 4.69) is 38.6 Å². The molecule has 1 saturated carbocycles. The number of aromatic nitrogens is 4. The lowest BCUT2D eigenvalue weighted by molar-refractivity contribution is 0.171. The summed E-state index contributed by atoms with van der Waals surface area (Å²) in [6, 6.07) is 3.94. The lowest BCUT2D eigenvalue weighted by atomic mass is 10.1. The smallest absolute Gasteiger partial charge is 0.237 e. The second-order valence-corrected chi connectivity index (χ2v) is 8.30. The Labute approximate surface area is 180 Å². The second kappa shape index (κ2) is 8.24. The number of nitrogens with zero attached hydrogens (tertiary/aromatic N) is 5. The van der Waals surface area contributed by atoms with Gasteiger partial charge in [0.15, 0.2) is 5.82 Å². The van der Waals surface area contributed by atoms with Crippen molar-refractivity contribution in [2.75, 3.05) is 31.3 Å². The number of hydrogen-bond acceptors (Lipinski definition) is 9. The van der Waals surface area contributed by atoms with E-state index in [9.17, 15) is 5.11 Å². The molecule has 0 radical (unpaired) electrons. The Morgan fingerprint density at radius 3 is 2.94 bits per heavy atom. The highest BCUT2D eigenvalue weighted by Crippen LogP contribution is 2.31. The van der Waals surface area contributed by atoms with E-state index in [1.54, 1.807) is 19.5 Å². The van der Waals surface area contributed by atoms with Crippen LogP contribution in [0.5, 0.6) is 5.88 Å². The first-order chi connectivity index (χ1) is 15.1. The van der Waals surface area contributed by atoms with Crippen LogP contribution in [0.25, 0.3) is 10.9 Å². The molecule has 0 unspecified atom stereocenters. The van der Waals surface area contributed by atoms with Gasteiger partial charge in [-0.15, -0.1) is 0 Å². The fourth-order valence-electron chi connectivity index (χ4n) is 4.37. The molecule has 9 heteroatoms. The molecule has 0 bridgehead atoms. The fraction of sp³-hybridized carbons (Fsp3) is 0.455. The van der Waals surface area contributed by atoms with E-state index in [4.69, 9.17) is 14.7 Å². The zero-order valence-electron chi connectivity index (χ0n) is 17.8. The average Bonchev–Trinajstić information content (AvgIpc) is 3.18. The molecule has 0 saturated heterocycles. The molecule has 4 heterocycles. The van der Waals surface area contributed by atoms with Crippen molar-refractivity contribution < 1.29 is 9.84 Å². The van der Waals surface area contributed by atoms with Crippen LogP contribution in [0, 0.1) is 0 Å². The van der Waals surface area contributed by atoms with Crippen molar-refractivity contribution in [3.05, 3.63) is 35.8 Å². The largest absolute Gasteiger partial charge is 0.480 e. The molecule has 5 rings (SSSR count). The Morgan fingerprint density at radius 2 is 2.13 bits per heavy atom. The van der Waals surface area contributed by atoms with Crippen molar-refractivity contribution >= 4 is 28.4 Å². The van der Waals surface area contributed by atoms with Crippen molar-refractivity contribution in [3.63, 3.8) is 0 Å². The molecule has 2 aliphatic rings. The number of likely N-dealkylation sites (N-methyl/N-ethyl adjacent to an activating group) is 1.